The molecular formula is C6H6ClHgNO. The molecule has 0 radical (unpaired) electrons. The Hall–Kier alpha value is 0.175. The molecule has 0 aliphatic carbocycles. The van der Waals surface area contributed by atoms with E-state index >= 15 is 0 Å². The maximum absolute atomic E-state index is 10.9. The summed E-state index contributed by atoms with van der Waals surface area (Å²) in [6, 6.07) is 3.67. The van der Waals surface area contributed by atoms with Crippen molar-refractivity contribution in [2.45, 2.75) is 6.92 Å². The van der Waals surface area contributed by atoms with Crippen molar-refractivity contribution < 1.29 is 28.1 Å². The standard InChI is InChI=1S/C6H6NO.ClH.Hg/c1-6-2-4-7(8)5-3-6;;/h2-4H,1H3;1H;/q;;+1/p-1. The molecule has 0 saturated carbocycles. The van der Waals surface area contributed by atoms with E-state index < -0.39 is 23.3 Å². The SMILES string of the molecule is Cc1cc[n+]([O-])[c]([Hg][Cl])c1. The van der Waals surface area contributed by atoms with Gasteiger partial charge in [0.2, 0.25) is 0 Å². The van der Waals surface area contributed by atoms with Gasteiger partial charge in [0.1, 0.15) is 0 Å². The summed E-state index contributed by atoms with van der Waals surface area (Å²) in [5.41, 5.74) is 1.11. The van der Waals surface area contributed by atoms with Crippen molar-refractivity contribution in [1.82, 2.24) is 0 Å². The van der Waals surface area contributed by atoms with Gasteiger partial charge < -0.3 is 0 Å². The zero-order valence-corrected chi connectivity index (χ0v) is 11.9. The summed E-state index contributed by atoms with van der Waals surface area (Å²) in [5, 5.41) is 10.9. The molecule has 4 heteroatoms. The second-order valence-electron chi connectivity index (χ2n) is 2.15. The first-order valence-electron chi connectivity index (χ1n) is 2.98. The van der Waals surface area contributed by atoms with Gasteiger partial charge in [0.25, 0.3) is 0 Å². The van der Waals surface area contributed by atoms with Crippen molar-refractivity contribution in [2.24, 2.45) is 0 Å². The van der Waals surface area contributed by atoms with Crippen LogP contribution in [0.2, 0.25) is 0 Å². The summed E-state index contributed by atoms with van der Waals surface area (Å²) in [6.07, 6.45) is 1.52. The van der Waals surface area contributed by atoms with Crippen LogP contribution in [-0.4, -0.2) is 0 Å². The molecule has 0 bridgehead atoms. The van der Waals surface area contributed by atoms with Crippen LogP contribution < -0.4 is 7.93 Å². The van der Waals surface area contributed by atoms with E-state index in [-0.39, 0.29) is 0 Å². The molecular weight excluding hydrogens is 338 g/mol. The Bertz CT molecular complexity index is 241. The van der Waals surface area contributed by atoms with Gasteiger partial charge in [-0.15, -0.1) is 0 Å². The van der Waals surface area contributed by atoms with Crippen LogP contribution in [0.1, 0.15) is 5.56 Å². The predicted octanol–water partition coefficient (Wildman–Crippen LogP) is 0.490. The van der Waals surface area contributed by atoms with E-state index in [1.165, 1.54) is 6.20 Å². The van der Waals surface area contributed by atoms with Gasteiger partial charge in [0.15, 0.2) is 0 Å². The monoisotopic (exact) mass is 345 g/mol. The number of hydrogen-bond donors (Lipinski definition) is 0. The van der Waals surface area contributed by atoms with Gasteiger partial charge in [-0.05, 0) is 0 Å². The molecule has 10 heavy (non-hydrogen) atoms. The molecule has 2 nitrogen and oxygen atoms in total. The Balaban J connectivity index is 3.09. The summed E-state index contributed by atoms with van der Waals surface area (Å²) >= 11 is -1.50. The Morgan fingerprint density at radius 2 is 2.40 bits per heavy atom. The average Bonchev–Trinajstić information content (AvgIpc) is 1.94. The van der Waals surface area contributed by atoms with E-state index in [1.807, 2.05) is 13.0 Å². The minimum absolute atomic E-state index is 0.821. The van der Waals surface area contributed by atoms with Crippen LogP contribution in [0.3, 0.4) is 0 Å². The van der Waals surface area contributed by atoms with Crippen LogP contribution in [0.25, 0.3) is 0 Å². The fourth-order valence-electron chi connectivity index (χ4n) is 0.753. The molecule has 0 aliphatic heterocycles. The summed E-state index contributed by atoms with van der Waals surface area (Å²) in [5.74, 6) is 0. The molecule has 0 fully saturated rings. The third-order valence-electron chi connectivity index (χ3n) is 1.29. The van der Waals surface area contributed by atoms with Gasteiger partial charge in [-0.2, -0.15) is 0 Å². The Labute approximate surface area is 75.3 Å². The first-order valence-corrected chi connectivity index (χ1v) is 12.5. The van der Waals surface area contributed by atoms with Crippen LogP contribution in [0.15, 0.2) is 18.3 Å². The first kappa shape index (κ1) is 8.27. The summed E-state index contributed by atoms with van der Waals surface area (Å²) in [4.78, 5) is 0. The molecule has 0 amide bonds. The van der Waals surface area contributed by atoms with E-state index in [0.717, 1.165) is 13.5 Å². The van der Waals surface area contributed by atoms with Gasteiger partial charge in [-0.3, -0.25) is 0 Å². The van der Waals surface area contributed by atoms with Gasteiger partial charge in [0.05, 0.1) is 0 Å². The normalized spacial score (nSPS) is 9.00. The van der Waals surface area contributed by atoms with Crippen LogP contribution >= 0.6 is 8.25 Å². The molecule has 0 spiro atoms. The van der Waals surface area contributed by atoms with Crippen molar-refractivity contribution in [1.29, 1.82) is 0 Å². The second-order valence-corrected chi connectivity index (χ2v) is 8.36. The number of hydrogen-bond acceptors (Lipinski definition) is 1. The second kappa shape index (κ2) is 3.53. The Morgan fingerprint density at radius 3 is 2.90 bits per heavy atom. The van der Waals surface area contributed by atoms with Gasteiger partial charge in [0, 0.05) is 0 Å². The molecule has 0 saturated heterocycles. The molecule has 0 aromatic carbocycles. The number of nitrogens with zero attached hydrogens (tertiary/aromatic N) is 1. The quantitative estimate of drug-likeness (QED) is 0.414. The molecule has 1 rings (SSSR count). The molecule has 1 aromatic heterocycles. The third-order valence-corrected chi connectivity index (χ3v) is 6.76. The van der Waals surface area contributed by atoms with E-state index in [9.17, 15) is 5.21 Å². The zero-order chi connectivity index (χ0) is 7.56. The summed E-state index contributed by atoms with van der Waals surface area (Å²) in [6.45, 7) is 1.96. The van der Waals surface area contributed by atoms with Gasteiger partial charge in [-0.25, -0.2) is 0 Å². The average molecular weight is 344 g/mol. The van der Waals surface area contributed by atoms with Crippen LogP contribution in [0.4, 0.5) is 0 Å². The maximum atomic E-state index is 10.9. The van der Waals surface area contributed by atoms with Crippen molar-refractivity contribution in [3.63, 3.8) is 0 Å². The molecule has 1 aromatic rings. The number of aromatic nitrogens is 1. The van der Waals surface area contributed by atoms with Gasteiger partial charge in [-0.1, -0.05) is 0 Å². The van der Waals surface area contributed by atoms with E-state index in [4.69, 9.17) is 8.25 Å². The number of aryl methyl sites for hydroxylation is 1. The van der Waals surface area contributed by atoms with Crippen molar-refractivity contribution >= 4 is 11.5 Å². The Morgan fingerprint density at radius 1 is 1.70 bits per heavy atom. The predicted molar refractivity (Wildman–Crippen MR) is 35.6 cm³/mol. The van der Waals surface area contributed by atoms with E-state index in [0.29, 0.717) is 0 Å². The van der Waals surface area contributed by atoms with Crippen molar-refractivity contribution in [2.75, 3.05) is 0 Å². The van der Waals surface area contributed by atoms with Crippen molar-refractivity contribution in [3.05, 3.63) is 29.1 Å². The van der Waals surface area contributed by atoms with Gasteiger partial charge >= 0.3 is 75.5 Å². The van der Waals surface area contributed by atoms with E-state index in [1.54, 1.807) is 6.07 Å². The molecule has 1 heterocycles. The Kier molecular flexibility index (Phi) is 2.92. The van der Waals surface area contributed by atoms with Crippen molar-refractivity contribution in [3.8, 4) is 0 Å². The number of rotatable bonds is 1. The fourth-order valence-corrected chi connectivity index (χ4v) is 4.88. The minimum atomic E-state index is -1.50. The summed E-state index contributed by atoms with van der Waals surface area (Å²) < 4.78 is 1.70. The first-order chi connectivity index (χ1) is 4.74. The molecule has 50 valence electrons. The van der Waals surface area contributed by atoms with Crippen LogP contribution in [0.5, 0.6) is 0 Å². The summed E-state index contributed by atoms with van der Waals surface area (Å²) in [7, 11) is 5.71. The molecule has 0 aliphatic rings. The number of pyridine rings is 1. The topological polar surface area (TPSA) is 26.9 Å². The molecule has 0 N–H and O–H groups in total. The van der Waals surface area contributed by atoms with E-state index in [2.05, 4.69) is 0 Å². The number of halogens is 1. The fraction of sp³-hybridized carbons (Fsp3) is 0.167. The zero-order valence-electron chi connectivity index (χ0n) is 5.67. The van der Waals surface area contributed by atoms with Crippen LogP contribution in [-0.2, 0) is 23.3 Å². The van der Waals surface area contributed by atoms with Crippen LogP contribution in [0, 0.1) is 12.1 Å². The molecule has 0 unspecified atom stereocenters. The third kappa shape index (κ3) is 1.83. The molecule has 0 atom stereocenters.